The molecule has 0 saturated heterocycles. The summed E-state index contributed by atoms with van der Waals surface area (Å²) in [5.41, 5.74) is 2.13. The fraction of sp³-hybridized carbons (Fsp3) is 0.200. The zero-order valence-electron chi connectivity index (χ0n) is 11.9. The maximum absolute atomic E-state index is 13.1. The predicted molar refractivity (Wildman–Crippen MR) is 86.1 cm³/mol. The zero-order valence-corrected chi connectivity index (χ0v) is 13.5. The van der Waals surface area contributed by atoms with Crippen molar-refractivity contribution in [2.24, 2.45) is 0 Å². The third-order valence-corrected chi connectivity index (χ3v) is 6.11. The van der Waals surface area contributed by atoms with Gasteiger partial charge in [-0.3, -0.25) is 4.31 Å². The molecule has 0 spiro atoms. The van der Waals surface area contributed by atoms with Crippen molar-refractivity contribution < 1.29 is 13.0 Å². The first-order valence-corrected chi connectivity index (χ1v) is 8.92. The molecule has 23 heavy (non-hydrogen) atoms. The van der Waals surface area contributed by atoms with Crippen LogP contribution < -0.4 is 4.31 Å². The molecule has 1 aliphatic rings. The Morgan fingerprint density at radius 2 is 1.87 bits per heavy atom. The second kappa shape index (κ2) is 5.21. The summed E-state index contributed by atoms with van der Waals surface area (Å²) in [5.74, 6) is 0. The first-order chi connectivity index (χ1) is 11.1. The molecule has 4 rings (SSSR count). The van der Waals surface area contributed by atoms with Crippen LogP contribution in [0, 0.1) is 0 Å². The number of hydrogen-bond acceptors (Lipinski definition) is 5. The molecule has 0 saturated carbocycles. The lowest BCUT2D eigenvalue weighted by Gasteiger charge is -2.30. The molecule has 0 unspecified atom stereocenters. The van der Waals surface area contributed by atoms with Gasteiger partial charge >= 0.3 is 0 Å². The SMILES string of the molecule is O=S(=O)(c1ccc(Cl)c2nonc12)N1CCCc2ccccc21. The average molecular weight is 350 g/mol. The van der Waals surface area contributed by atoms with Crippen molar-refractivity contribution in [2.45, 2.75) is 17.7 Å². The van der Waals surface area contributed by atoms with Gasteiger partial charge in [0.05, 0.1) is 10.7 Å². The molecule has 2 heterocycles. The van der Waals surface area contributed by atoms with Gasteiger partial charge in [0, 0.05) is 6.54 Å². The molecular weight excluding hydrogens is 338 g/mol. The van der Waals surface area contributed by atoms with E-state index < -0.39 is 10.0 Å². The number of aryl methyl sites for hydroxylation is 1. The number of halogens is 1. The van der Waals surface area contributed by atoms with Gasteiger partial charge in [-0.2, -0.15) is 0 Å². The van der Waals surface area contributed by atoms with E-state index in [1.54, 1.807) is 0 Å². The summed E-state index contributed by atoms with van der Waals surface area (Å²) >= 11 is 6.02. The van der Waals surface area contributed by atoms with E-state index in [0.717, 1.165) is 18.4 Å². The van der Waals surface area contributed by atoms with Crippen LogP contribution in [0.4, 0.5) is 5.69 Å². The maximum Gasteiger partial charge on any atom is 0.266 e. The number of sulfonamides is 1. The van der Waals surface area contributed by atoms with Crippen molar-refractivity contribution in [2.75, 3.05) is 10.8 Å². The standard InChI is InChI=1S/C15H12ClN3O3S/c16-11-7-8-13(15-14(11)17-22-18-15)23(20,21)19-9-3-5-10-4-1-2-6-12(10)19/h1-2,4,6-8H,3,5,9H2. The van der Waals surface area contributed by atoms with Crippen LogP contribution in [0.5, 0.6) is 0 Å². The molecule has 8 heteroatoms. The molecule has 118 valence electrons. The number of nitrogens with zero attached hydrogens (tertiary/aromatic N) is 3. The molecule has 0 aliphatic carbocycles. The van der Waals surface area contributed by atoms with E-state index >= 15 is 0 Å². The van der Waals surface area contributed by atoms with E-state index in [-0.39, 0.29) is 15.9 Å². The van der Waals surface area contributed by atoms with Crippen LogP contribution in [0.15, 0.2) is 45.9 Å². The smallest absolute Gasteiger partial charge is 0.266 e. The van der Waals surface area contributed by atoms with Crippen LogP contribution in [-0.2, 0) is 16.4 Å². The normalized spacial score (nSPS) is 14.9. The van der Waals surface area contributed by atoms with Crippen molar-refractivity contribution in [3.63, 3.8) is 0 Å². The van der Waals surface area contributed by atoms with E-state index in [0.29, 0.717) is 17.3 Å². The summed E-state index contributed by atoms with van der Waals surface area (Å²) < 4.78 is 32.4. The largest absolute Gasteiger partial charge is 0.266 e. The minimum Gasteiger partial charge on any atom is -0.266 e. The molecule has 3 aromatic rings. The Labute approximate surface area is 137 Å². The van der Waals surface area contributed by atoms with Gasteiger partial charge in [-0.05, 0) is 46.9 Å². The number of para-hydroxylation sites is 1. The Bertz CT molecular complexity index is 1000. The quantitative estimate of drug-likeness (QED) is 0.710. The van der Waals surface area contributed by atoms with E-state index in [1.165, 1.54) is 16.4 Å². The Morgan fingerprint density at radius 3 is 2.74 bits per heavy atom. The van der Waals surface area contributed by atoms with E-state index in [2.05, 4.69) is 14.9 Å². The Kier molecular flexibility index (Phi) is 3.28. The molecular formula is C15H12ClN3O3S. The summed E-state index contributed by atoms with van der Waals surface area (Å²) in [5, 5.41) is 7.71. The highest BCUT2D eigenvalue weighted by Crippen LogP contribution is 2.34. The lowest BCUT2D eigenvalue weighted by Crippen LogP contribution is -2.35. The van der Waals surface area contributed by atoms with Gasteiger partial charge in [-0.25, -0.2) is 13.0 Å². The van der Waals surface area contributed by atoms with Gasteiger partial charge < -0.3 is 0 Å². The Balaban J connectivity index is 1.92. The van der Waals surface area contributed by atoms with Crippen LogP contribution in [0.25, 0.3) is 11.0 Å². The van der Waals surface area contributed by atoms with Gasteiger partial charge in [-0.1, -0.05) is 29.8 Å². The van der Waals surface area contributed by atoms with Crippen LogP contribution in [0.1, 0.15) is 12.0 Å². The van der Waals surface area contributed by atoms with Crippen LogP contribution in [0.2, 0.25) is 5.02 Å². The van der Waals surface area contributed by atoms with E-state index in [9.17, 15) is 8.42 Å². The first-order valence-electron chi connectivity index (χ1n) is 7.10. The zero-order chi connectivity index (χ0) is 16.0. The van der Waals surface area contributed by atoms with Crippen molar-refractivity contribution in [3.05, 3.63) is 47.0 Å². The third-order valence-electron chi connectivity index (χ3n) is 3.96. The van der Waals surface area contributed by atoms with Gasteiger partial charge in [0.15, 0.2) is 11.0 Å². The summed E-state index contributed by atoms with van der Waals surface area (Å²) in [6.45, 7) is 0.425. The van der Waals surface area contributed by atoms with E-state index in [1.807, 2.05) is 24.3 Å². The highest BCUT2D eigenvalue weighted by atomic mass is 35.5. The predicted octanol–water partition coefficient (Wildman–Crippen LogP) is 3.02. The van der Waals surface area contributed by atoms with Crippen molar-refractivity contribution >= 4 is 38.3 Å². The number of aromatic nitrogens is 2. The molecule has 1 aromatic heterocycles. The summed E-state index contributed by atoms with van der Waals surface area (Å²) in [7, 11) is -3.78. The lowest BCUT2D eigenvalue weighted by molar-refractivity contribution is 0.315. The minimum absolute atomic E-state index is 0.0508. The second-order valence-electron chi connectivity index (χ2n) is 5.32. The molecule has 2 aromatic carbocycles. The van der Waals surface area contributed by atoms with Crippen LogP contribution in [0.3, 0.4) is 0 Å². The topological polar surface area (TPSA) is 76.3 Å². The molecule has 0 fully saturated rings. The molecule has 0 atom stereocenters. The van der Waals surface area contributed by atoms with Crippen molar-refractivity contribution in [1.29, 1.82) is 0 Å². The van der Waals surface area contributed by atoms with Gasteiger partial charge in [-0.15, -0.1) is 0 Å². The van der Waals surface area contributed by atoms with Gasteiger partial charge in [0.1, 0.15) is 4.90 Å². The van der Waals surface area contributed by atoms with Gasteiger partial charge in [0.2, 0.25) is 0 Å². The highest BCUT2D eigenvalue weighted by molar-refractivity contribution is 7.93. The minimum atomic E-state index is -3.78. The fourth-order valence-electron chi connectivity index (χ4n) is 2.89. The number of benzene rings is 2. The molecule has 0 bridgehead atoms. The molecule has 0 N–H and O–H groups in total. The highest BCUT2D eigenvalue weighted by Gasteiger charge is 2.31. The van der Waals surface area contributed by atoms with Crippen LogP contribution in [-0.4, -0.2) is 25.3 Å². The molecule has 6 nitrogen and oxygen atoms in total. The summed E-state index contributed by atoms with van der Waals surface area (Å²) in [6.07, 6.45) is 1.63. The third kappa shape index (κ3) is 2.19. The van der Waals surface area contributed by atoms with E-state index in [4.69, 9.17) is 11.6 Å². The molecule has 0 radical (unpaired) electrons. The number of anilines is 1. The fourth-order valence-corrected chi connectivity index (χ4v) is 4.74. The second-order valence-corrected chi connectivity index (χ2v) is 7.55. The molecule has 1 aliphatic heterocycles. The lowest BCUT2D eigenvalue weighted by atomic mass is 10.0. The summed E-state index contributed by atoms with van der Waals surface area (Å²) in [4.78, 5) is 0.0508. The first kappa shape index (κ1) is 14.5. The van der Waals surface area contributed by atoms with Crippen molar-refractivity contribution in [1.82, 2.24) is 10.3 Å². The number of hydrogen-bond donors (Lipinski definition) is 0. The maximum atomic E-state index is 13.1. The number of rotatable bonds is 2. The van der Waals surface area contributed by atoms with Gasteiger partial charge in [0.25, 0.3) is 10.0 Å². The average Bonchev–Trinajstić information content (AvgIpc) is 3.04. The Morgan fingerprint density at radius 1 is 1.09 bits per heavy atom. The monoisotopic (exact) mass is 349 g/mol. The van der Waals surface area contributed by atoms with Crippen molar-refractivity contribution in [3.8, 4) is 0 Å². The summed E-state index contributed by atoms with van der Waals surface area (Å²) in [6, 6.07) is 10.5. The van der Waals surface area contributed by atoms with Crippen LogP contribution >= 0.6 is 11.6 Å². The Hall–Kier alpha value is -2.12. The molecule has 0 amide bonds. The number of fused-ring (bicyclic) bond motifs is 2.